The van der Waals surface area contributed by atoms with Crippen molar-refractivity contribution in [1.29, 1.82) is 0 Å². The fraction of sp³-hybridized carbons (Fsp3) is 0.684. The number of carbonyl (C=O) groups is 1. The molecule has 1 amide bonds. The summed E-state index contributed by atoms with van der Waals surface area (Å²) < 4.78 is 24.6. The average molecular weight is 366 g/mol. The van der Waals surface area contributed by atoms with Crippen LogP contribution in [0.25, 0.3) is 0 Å². The smallest absolute Gasteiger partial charge is 0.255 e. The molecule has 0 aliphatic carbocycles. The molecule has 3 heterocycles. The highest BCUT2D eigenvalue weighted by molar-refractivity contribution is 5.78. The van der Waals surface area contributed by atoms with Gasteiger partial charge < -0.3 is 5.32 Å². The number of carbonyl (C=O) groups excluding carboxylic acids is 1. The minimum Gasteiger partial charge on any atom is -0.350 e. The standard InChI is InChI=1S/C19H28F2N4O/c20-18(21)12-23-19(26)16-2-1-9-25(14-16)17-5-10-24(11-6-17)13-15-3-7-22-8-4-15/h3-4,7-8,16-18H,1-2,5-6,9-14H2,(H,23,26)/t16-/m0/s1. The number of hydrogen-bond acceptors (Lipinski definition) is 4. The van der Waals surface area contributed by atoms with Crippen molar-refractivity contribution < 1.29 is 13.6 Å². The highest BCUT2D eigenvalue weighted by atomic mass is 19.3. The predicted molar refractivity (Wildman–Crippen MR) is 95.8 cm³/mol. The van der Waals surface area contributed by atoms with E-state index in [1.807, 2.05) is 12.4 Å². The molecule has 144 valence electrons. The van der Waals surface area contributed by atoms with Gasteiger partial charge in [0.25, 0.3) is 6.43 Å². The van der Waals surface area contributed by atoms with Crippen LogP contribution in [0.5, 0.6) is 0 Å². The Kier molecular flexibility index (Phi) is 6.91. The second-order valence-corrected chi connectivity index (χ2v) is 7.33. The summed E-state index contributed by atoms with van der Waals surface area (Å²) in [5.41, 5.74) is 1.28. The summed E-state index contributed by atoms with van der Waals surface area (Å²) in [7, 11) is 0. The molecule has 1 atom stereocenters. The summed E-state index contributed by atoms with van der Waals surface area (Å²) in [6.45, 7) is 4.21. The molecule has 0 aromatic carbocycles. The number of likely N-dealkylation sites (tertiary alicyclic amines) is 2. The first-order chi connectivity index (χ1) is 12.6. The zero-order valence-electron chi connectivity index (χ0n) is 15.1. The van der Waals surface area contributed by atoms with E-state index in [0.29, 0.717) is 12.6 Å². The molecule has 1 aromatic rings. The zero-order valence-corrected chi connectivity index (χ0v) is 15.1. The number of rotatable bonds is 6. The number of piperidine rings is 2. The molecule has 2 aliphatic heterocycles. The van der Waals surface area contributed by atoms with Gasteiger partial charge in [-0.25, -0.2) is 8.78 Å². The third-order valence-corrected chi connectivity index (χ3v) is 5.48. The van der Waals surface area contributed by atoms with Crippen molar-refractivity contribution in [2.24, 2.45) is 5.92 Å². The van der Waals surface area contributed by atoms with E-state index >= 15 is 0 Å². The Morgan fingerprint density at radius 1 is 1.19 bits per heavy atom. The number of hydrogen-bond donors (Lipinski definition) is 1. The zero-order chi connectivity index (χ0) is 18.4. The number of halogens is 2. The highest BCUT2D eigenvalue weighted by Gasteiger charge is 2.31. The third-order valence-electron chi connectivity index (χ3n) is 5.48. The monoisotopic (exact) mass is 366 g/mol. The van der Waals surface area contributed by atoms with E-state index in [9.17, 15) is 13.6 Å². The van der Waals surface area contributed by atoms with Crippen molar-refractivity contribution in [2.45, 2.75) is 44.7 Å². The maximum Gasteiger partial charge on any atom is 0.255 e. The molecule has 3 rings (SSSR count). The van der Waals surface area contributed by atoms with Gasteiger partial charge in [-0.1, -0.05) is 0 Å². The van der Waals surface area contributed by atoms with Gasteiger partial charge in [-0.2, -0.15) is 0 Å². The SMILES string of the molecule is O=C(NCC(F)F)[C@H]1CCCN(C2CCN(Cc3ccncc3)CC2)C1. The van der Waals surface area contributed by atoms with Crippen molar-refractivity contribution in [3.8, 4) is 0 Å². The molecule has 0 saturated carbocycles. The molecule has 2 fully saturated rings. The number of amides is 1. The molecule has 7 heteroatoms. The van der Waals surface area contributed by atoms with E-state index < -0.39 is 13.0 Å². The van der Waals surface area contributed by atoms with E-state index in [0.717, 1.165) is 51.9 Å². The lowest BCUT2D eigenvalue weighted by molar-refractivity contribution is -0.127. The molecule has 0 bridgehead atoms. The fourth-order valence-corrected chi connectivity index (χ4v) is 4.06. The Balaban J connectivity index is 1.44. The maximum atomic E-state index is 12.3. The molecule has 2 aliphatic rings. The summed E-state index contributed by atoms with van der Waals surface area (Å²) >= 11 is 0. The predicted octanol–water partition coefficient (Wildman–Crippen LogP) is 2.14. The first-order valence-corrected chi connectivity index (χ1v) is 9.53. The molecule has 0 unspecified atom stereocenters. The van der Waals surface area contributed by atoms with Crippen LogP contribution in [0.1, 0.15) is 31.2 Å². The largest absolute Gasteiger partial charge is 0.350 e. The Morgan fingerprint density at radius 3 is 2.62 bits per heavy atom. The second kappa shape index (κ2) is 9.37. The van der Waals surface area contributed by atoms with E-state index in [1.54, 1.807) is 0 Å². The summed E-state index contributed by atoms with van der Waals surface area (Å²) in [5, 5.41) is 2.38. The van der Waals surface area contributed by atoms with Gasteiger partial charge in [-0.15, -0.1) is 0 Å². The number of aromatic nitrogens is 1. The van der Waals surface area contributed by atoms with Crippen molar-refractivity contribution in [3.05, 3.63) is 30.1 Å². The highest BCUT2D eigenvalue weighted by Crippen LogP contribution is 2.24. The van der Waals surface area contributed by atoms with Gasteiger partial charge in [-0.3, -0.25) is 19.6 Å². The lowest BCUT2D eigenvalue weighted by Gasteiger charge is -2.42. The van der Waals surface area contributed by atoms with Crippen LogP contribution in [0.15, 0.2) is 24.5 Å². The minimum absolute atomic E-state index is 0.155. The van der Waals surface area contributed by atoms with Crippen LogP contribution in [0.2, 0.25) is 0 Å². The van der Waals surface area contributed by atoms with Crippen LogP contribution in [-0.4, -0.2) is 65.9 Å². The lowest BCUT2D eigenvalue weighted by atomic mass is 9.93. The van der Waals surface area contributed by atoms with Crippen LogP contribution in [0.3, 0.4) is 0 Å². The first-order valence-electron chi connectivity index (χ1n) is 9.53. The fourth-order valence-electron chi connectivity index (χ4n) is 4.06. The molecule has 0 radical (unpaired) electrons. The molecule has 0 spiro atoms. The first kappa shape index (κ1) is 19.2. The van der Waals surface area contributed by atoms with Crippen molar-refractivity contribution in [2.75, 3.05) is 32.7 Å². The van der Waals surface area contributed by atoms with Crippen molar-refractivity contribution in [3.63, 3.8) is 0 Å². The summed E-state index contributed by atoms with van der Waals surface area (Å²) in [5.74, 6) is -0.373. The van der Waals surface area contributed by atoms with Gasteiger partial charge >= 0.3 is 0 Å². The Hall–Kier alpha value is -1.60. The molecule has 26 heavy (non-hydrogen) atoms. The van der Waals surface area contributed by atoms with Gasteiger partial charge in [0.2, 0.25) is 5.91 Å². The molecular weight excluding hydrogens is 338 g/mol. The second-order valence-electron chi connectivity index (χ2n) is 7.33. The van der Waals surface area contributed by atoms with Crippen LogP contribution in [0.4, 0.5) is 8.78 Å². The van der Waals surface area contributed by atoms with Crippen LogP contribution >= 0.6 is 0 Å². The summed E-state index contributed by atoms with van der Waals surface area (Å²) in [6, 6.07) is 4.60. The molecular formula is C19H28F2N4O. The third kappa shape index (κ3) is 5.45. The van der Waals surface area contributed by atoms with E-state index in [-0.39, 0.29) is 11.8 Å². The minimum atomic E-state index is -2.48. The van der Waals surface area contributed by atoms with E-state index in [2.05, 4.69) is 32.2 Å². The average Bonchev–Trinajstić information content (AvgIpc) is 2.67. The quantitative estimate of drug-likeness (QED) is 0.838. The van der Waals surface area contributed by atoms with Gasteiger partial charge in [0.05, 0.1) is 12.5 Å². The van der Waals surface area contributed by atoms with Crippen LogP contribution in [0, 0.1) is 5.92 Å². The van der Waals surface area contributed by atoms with Crippen molar-refractivity contribution >= 4 is 5.91 Å². The van der Waals surface area contributed by atoms with E-state index in [1.165, 1.54) is 5.56 Å². The van der Waals surface area contributed by atoms with Gasteiger partial charge in [0.1, 0.15) is 0 Å². The lowest BCUT2D eigenvalue weighted by Crippen LogP contribution is -2.51. The normalized spacial score (nSPS) is 23.3. The molecule has 1 N–H and O–H groups in total. The van der Waals surface area contributed by atoms with Crippen LogP contribution in [-0.2, 0) is 11.3 Å². The molecule has 1 aromatic heterocycles. The van der Waals surface area contributed by atoms with E-state index in [4.69, 9.17) is 0 Å². The van der Waals surface area contributed by atoms with Gasteiger partial charge in [0.15, 0.2) is 0 Å². The Bertz CT molecular complexity index is 564. The molecule has 2 saturated heterocycles. The maximum absolute atomic E-state index is 12.3. The number of nitrogens with zero attached hydrogens (tertiary/aromatic N) is 3. The number of nitrogens with one attached hydrogen (secondary N) is 1. The number of alkyl halides is 2. The van der Waals surface area contributed by atoms with Crippen molar-refractivity contribution in [1.82, 2.24) is 20.1 Å². The summed E-state index contributed by atoms with van der Waals surface area (Å²) in [6.07, 6.45) is 5.12. The molecule has 5 nitrogen and oxygen atoms in total. The van der Waals surface area contributed by atoms with Crippen LogP contribution < -0.4 is 5.32 Å². The topological polar surface area (TPSA) is 48.5 Å². The van der Waals surface area contributed by atoms with Gasteiger partial charge in [0, 0.05) is 31.5 Å². The number of pyridine rings is 1. The summed E-state index contributed by atoms with van der Waals surface area (Å²) in [4.78, 5) is 21.0. The Labute approximate surface area is 153 Å². The Morgan fingerprint density at radius 2 is 1.92 bits per heavy atom. The van der Waals surface area contributed by atoms with Gasteiger partial charge in [-0.05, 0) is 63.0 Å².